The van der Waals surface area contributed by atoms with Crippen molar-refractivity contribution in [2.24, 2.45) is 12.9 Å². The van der Waals surface area contributed by atoms with Crippen molar-refractivity contribution in [2.45, 2.75) is 0 Å². The van der Waals surface area contributed by atoms with Gasteiger partial charge in [0.05, 0.1) is 0 Å². The highest BCUT2D eigenvalue weighted by molar-refractivity contribution is 5.73. The maximum Gasteiger partial charge on any atom is 0.250 e. The molecule has 1 aromatic heterocycles. The number of pyridine rings is 1. The second-order valence-corrected chi connectivity index (χ2v) is 2.32. The van der Waals surface area contributed by atoms with E-state index in [9.17, 15) is 9.59 Å². The van der Waals surface area contributed by atoms with Crippen molar-refractivity contribution < 1.29 is 4.79 Å². The van der Waals surface area contributed by atoms with E-state index in [0.717, 1.165) is 0 Å². The first-order valence-corrected chi connectivity index (χ1v) is 3.65. The summed E-state index contributed by atoms with van der Waals surface area (Å²) in [7, 11) is 3.26. The van der Waals surface area contributed by atoms with Gasteiger partial charge in [-0.3, -0.25) is 20.9 Å². The molecule has 0 radical (unpaired) electrons. The van der Waals surface area contributed by atoms with Gasteiger partial charge in [-0.15, -0.1) is 0 Å². The predicted molar refractivity (Wildman–Crippen MR) is 50.3 cm³/mol. The van der Waals surface area contributed by atoms with Gasteiger partial charge in [0.15, 0.2) is 6.29 Å². The molecule has 0 aliphatic carbocycles. The van der Waals surface area contributed by atoms with Gasteiger partial charge in [-0.25, -0.2) is 0 Å². The minimum absolute atomic E-state index is 0.106. The zero-order valence-electron chi connectivity index (χ0n) is 7.65. The molecule has 0 spiro atoms. The summed E-state index contributed by atoms with van der Waals surface area (Å²) in [6, 6.07) is 2.86. The van der Waals surface area contributed by atoms with Gasteiger partial charge in [0, 0.05) is 24.9 Å². The molecule has 0 unspecified atom stereocenters. The lowest BCUT2D eigenvalue weighted by Crippen LogP contribution is -2.14. The van der Waals surface area contributed by atoms with Crippen LogP contribution in [-0.2, 0) is 7.05 Å². The zero-order valence-corrected chi connectivity index (χ0v) is 7.65. The Bertz CT molecular complexity index is 319. The second kappa shape index (κ2) is 6.10. The van der Waals surface area contributed by atoms with Crippen LogP contribution in [0.15, 0.2) is 23.1 Å². The SMILES string of the molecule is CNN.Cn1cc(C=O)ccc1=O. The molecule has 0 aliphatic rings. The van der Waals surface area contributed by atoms with Gasteiger partial charge in [0.2, 0.25) is 5.56 Å². The van der Waals surface area contributed by atoms with Crippen LogP contribution in [0.3, 0.4) is 0 Å². The molecule has 0 saturated heterocycles. The highest BCUT2D eigenvalue weighted by atomic mass is 16.1. The fourth-order valence-corrected chi connectivity index (χ4v) is 0.685. The number of carbonyl (C=O) groups excluding carboxylic acids is 1. The number of hydrazine groups is 1. The van der Waals surface area contributed by atoms with Gasteiger partial charge in [0.25, 0.3) is 0 Å². The van der Waals surface area contributed by atoms with Crippen molar-refractivity contribution in [3.63, 3.8) is 0 Å². The van der Waals surface area contributed by atoms with Crippen LogP contribution in [0.4, 0.5) is 0 Å². The first-order valence-electron chi connectivity index (χ1n) is 3.65. The number of carbonyl (C=O) groups is 1. The van der Waals surface area contributed by atoms with E-state index in [1.54, 1.807) is 14.1 Å². The summed E-state index contributed by atoms with van der Waals surface area (Å²) >= 11 is 0. The largest absolute Gasteiger partial charge is 0.318 e. The van der Waals surface area contributed by atoms with Gasteiger partial charge >= 0.3 is 0 Å². The van der Waals surface area contributed by atoms with Crippen LogP contribution in [-0.4, -0.2) is 17.9 Å². The Morgan fingerprint density at radius 2 is 2.08 bits per heavy atom. The minimum atomic E-state index is -0.106. The molecule has 0 amide bonds. The molecule has 0 fully saturated rings. The number of aryl methyl sites for hydroxylation is 1. The van der Waals surface area contributed by atoms with Crippen LogP contribution < -0.4 is 16.8 Å². The van der Waals surface area contributed by atoms with Gasteiger partial charge < -0.3 is 4.57 Å². The van der Waals surface area contributed by atoms with Crippen molar-refractivity contribution in [1.29, 1.82) is 0 Å². The van der Waals surface area contributed by atoms with Crippen LogP contribution in [0.2, 0.25) is 0 Å². The monoisotopic (exact) mass is 183 g/mol. The summed E-state index contributed by atoms with van der Waals surface area (Å²) in [5.41, 5.74) is 2.66. The van der Waals surface area contributed by atoms with Gasteiger partial charge in [0.1, 0.15) is 0 Å². The van der Waals surface area contributed by atoms with E-state index in [4.69, 9.17) is 0 Å². The van der Waals surface area contributed by atoms with E-state index < -0.39 is 0 Å². The Labute approximate surface area is 76.1 Å². The van der Waals surface area contributed by atoms with Crippen LogP contribution >= 0.6 is 0 Å². The highest BCUT2D eigenvalue weighted by Crippen LogP contribution is 1.87. The highest BCUT2D eigenvalue weighted by Gasteiger charge is 1.90. The van der Waals surface area contributed by atoms with E-state index in [2.05, 4.69) is 11.3 Å². The van der Waals surface area contributed by atoms with Crippen LogP contribution in [0.5, 0.6) is 0 Å². The summed E-state index contributed by atoms with van der Waals surface area (Å²) in [6.07, 6.45) is 2.20. The van der Waals surface area contributed by atoms with Gasteiger partial charge in [-0.05, 0) is 13.1 Å². The number of rotatable bonds is 1. The molecule has 1 rings (SSSR count). The summed E-state index contributed by atoms with van der Waals surface area (Å²) in [5.74, 6) is 4.60. The number of nitrogens with one attached hydrogen (secondary N) is 1. The number of aldehydes is 1. The van der Waals surface area contributed by atoms with E-state index >= 15 is 0 Å². The van der Waals surface area contributed by atoms with E-state index in [0.29, 0.717) is 11.8 Å². The molecular formula is C8H13N3O2. The van der Waals surface area contributed by atoms with Crippen molar-refractivity contribution in [3.05, 3.63) is 34.2 Å². The van der Waals surface area contributed by atoms with Gasteiger partial charge in [-0.2, -0.15) is 0 Å². The summed E-state index contributed by atoms with van der Waals surface area (Å²) in [4.78, 5) is 20.9. The maximum atomic E-state index is 10.7. The van der Waals surface area contributed by atoms with E-state index in [1.807, 2.05) is 0 Å². The third-order valence-electron chi connectivity index (χ3n) is 1.24. The number of nitrogens with two attached hydrogens (primary N) is 1. The fraction of sp³-hybridized carbons (Fsp3) is 0.250. The van der Waals surface area contributed by atoms with Crippen molar-refractivity contribution in [2.75, 3.05) is 7.05 Å². The molecule has 1 heterocycles. The lowest BCUT2D eigenvalue weighted by Gasteiger charge is -1.94. The standard InChI is InChI=1S/C7H7NO2.CH6N2/c1-8-4-6(5-9)2-3-7(8)10;1-3-2/h2-5H,1H3;3H,2H2,1H3. The van der Waals surface area contributed by atoms with Crippen molar-refractivity contribution >= 4 is 6.29 Å². The Balaban J connectivity index is 0.000000424. The van der Waals surface area contributed by atoms with Crippen molar-refractivity contribution in [1.82, 2.24) is 9.99 Å². The quantitative estimate of drug-likeness (QED) is 0.342. The van der Waals surface area contributed by atoms with E-state index in [-0.39, 0.29) is 5.56 Å². The molecule has 13 heavy (non-hydrogen) atoms. The average Bonchev–Trinajstić information content (AvgIpc) is 2.11. The molecule has 5 heteroatoms. The maximum absolute atomic E-state index is 10.7. The predicted octanol–water partition coefficient (Wildman–Crippen LogP) is -0.723. The molecule has 0 aliphatic heterocycles. The first-order chi connectivity index (χ1) is 6.15. The topological polar surface area (TPSA) is 77.1 Å². The van der Waals surface area contributed by atoms with Crippen molar-refractivity contribution in [3.8, 4) is 0 Å². The number of hydrogen-bond acceptors (Lipinski definition) is 4. The Hall–Kier alpha value is -1.46. The Morgan fingerprint density at radius 3 is 2.46 bits per heavy atom. The van der Waals surface area contributed by atoms with Crippen LogP contribution in [0, 0.1) is 0 Å². The normalized spacial score (nSPS) is 8.54. The average molecular weight is 183 g/mol. The molecule has 0 aromatic carbocycles. The Kier molecular flexibility index (Phi) is 5.42. The number of nitrogens with zero attached hydrogens (tertiary/aromatic N) is 1. The number of aromatic nitrogens is 1. The van der Waals surface area contributed by atoms with Gasteiger partial charge in [-0.1, -0.05) is 0 Å². The third kappa shape index (κ3) is 4.19. The summed E-state index contributed by atoms with van der Waals surface area (Å²) in [6.45, 7) is 0. The third-order valence-corrected chi connectivity index (χ3v) is 1.24. The zero-order chi connectivity index (χ0) is 10.3. The smallest absolute Gasteiger partial charge is 0.250 e. The fourth-order valence-electron chi connectivity index (χ4n) is 0.685. The van der Waals surface area contributed by atoms with Crippen LogP contribution in [0.25, 0.3) is 0 Å². The molecule has 0 bridgehead atoms. The minimum Gasteiger partial charge on any atom is -0.318 e. The molecule has 3 N–H and O–H groups in total. The second-order valence-electron chi connectivity index (χ2n) is 2.32. The summed E-state index contributed by atoms with van der Waals surface area (Å²) in [5, 5.41) is 0. The molecule has 1 aromatic rings. The molecule has 5 nitrogen and oxygen atoms in total. The molecule has 0 atom stereocenters. The summed E-state index contributed by atoms with van der Waals surface area (Å²) < 4.78 is 1.36. The first kappa shape index (κ1) is 11.5. The van der Waals surface area contributed by atoms with Crippen LogP contribution in [0.1, 0.15) is 10.4 Å². The lowest BCUT2D eigenvalue weighted by atomic mass is 10.3. The Morgan fingerprint density at radius 1 is 1.54 bits per heavy atom. The number of hydrogen-bond donors (Lipinski definition) is 2. The molecule has 0 saturated carbocycles. The molecule has 72 valence electrons. The molecular weight excluding hydrogens is 170 g/mol. The lowest BCUT2D eigenvalue weighted by molar-refractivity contribution is 0.112. The van der Waals surface area contributed by atoms with E-state index in [1.165, 1.54) is 22.9 Å².